The van der Waals surface area contributed by atoms with Crippen LogP contribution in [0.2, 0.25) is 0 Å². The quantitative estimate of drug-likeness (QED) is 0.643. The first-order valence-electron chi connectivity index (χ1n) is 4.54. The molecule has 1 atom stereocenters. The third-order valence-corrected chi connectivity index (χ3v) is 2.88. The second-order valence-electron chi connectivity index (χ2n) is 3.24. The number of carbonyl (C=O) groups excluding carboxylic acids is 1. The molecule has 0 fully saturated rings. The van der Waals surface area contributed by atoms with Crippen LogP contribution in [0.1, 0.15) is 5.56 Å². The molecule has 17 heavy (non-hydrogen) atoms. The Hall–Kier alpha value is -1.70. The number of hydrogen-bond acceptors (Lipinski definition) is 4. The van der Waals surface area contributed by atoms with Crippen molar-refractivity contribution in [2.24, 2.45) is 5.73 Å². The van der Waals surface area contributed by atoms with Crippen molar-refractivity contribution >= 4 is 22.1 Å². The molecule has 0 aliphatic rings. The maximum atomic E-state index is 11.0. The second-order valence-corrected chi connectivity index (χ2v) is 4.66. The predicted octanol–water partition coefficient (Wildman–Crippen LogP) is -0.239. The van der Waals surface area contributed by atoms with Crippen LogP contribution in [0.4, 0.5) is 0 Å². The minimum atomic E-state index is -4.70. The van der Waals surface area contributed by atoms with Gasteiger partial charge in [0.15, 0.2) is 6.10 Å². The van der Waals surface area contributed by atoms with E-state index in [1.165, 1.54) is 0 Å². The number of aliphatic hydroxyl groups is 1. The average molecular weight is 257 g/mol. The Morgan fingerprint density at radius 3 is 2.24 bits per heavy atom. The molecule has 0 spiro atoms. The van der Waals surface area contributed by atoms with Gasteiger partial charge < -0.3 is 10.8 Å². The van der Waals surface area contributed by atoms with Gasteiger partial charge >= 0.3 is 0 Å². The molecule has 7 heteroatoms. The molecule has 1 rings (SSSR count). The average Bonchev–Trinajstić information content (AvgIpc) is 2.24. The Kier molecular flexibility index (Phi) is 4.00. The van der Waals surface area contributed by atoms with Crippen LogP contribution in [0.25, 0.3) is 6.08 Å². The topological polar surface area (TPSA) is 118 Å². The Morgan fingerprint density at radius 1 is 1.29 bits per heavy atom. The van der Waals surface area contributed by atoms with Crippen LogP contribution >= 0.6 is 0 Å². The van der Waals surface area contributed by atoms with Crippen molar-refractivity contribution in [2.45, 2.75) is 6.10 Å². The first kappa shape index (κ1) is 13.4. The van der Waals surface area contributed by atoms with Gasteiger partial charge in [0.1, 0.15) is 4.91 Å². The fraction of sp³-hybridized carbons (Fsp3) is 0.100. The zero-order valence-corrected chi connectivity index (χ0v) is 9.46. The number of hydrogen-bond donors (Lipinski definition) is 3. The van der Waals surface area contributed by atoms with E-state index < -0.39 is 27.0 Å². The van der Waals surface area contributed by atoms with E-state index in [2.05, 4.69) is 0 Å². The fourth-order valence-corrected chi connectivity index (χ4v) is 1.83. The van der Waals surface area contributed by atoms with Gasteiger partial charge in [0.2, 0.25) is 0 Å². The largest absolute Gasteiger partial charge is 0.378 e. The molecule has 92 valence electrons. The highest BCUT2D eigenvalue weighted by Gasteiger charge is 2.27. The number of primary amides is 1. The highest BCUT2D eigenvalue weighted by Crippen LogP contribution is 2.15. The smallest absolute Gasteiger partial charge is 0.293 e. The van der Waals surface area contributed by atoms with Gasteiger partial charge in [-0.15, -0.1) is 0 Å². The zero-order chi connectivity index (χ0) is 13.1. The first-order chi connectivity index (χ1) is 7.82. The molecule has 1 aromatic rings. The third-order valence-electron chi connectivity index (χ3n) is 1.95. The van der Waals surface area contributed by atoms with Gasteiger partial charge in [-0.2, -0.15) is 8.42 Å². The molecule has 1 aromatic carbocycles. The number of rotatable bonds is 4. The van der Waals surface area contributed by atoms with Gasteiger partial charge in [0.05, 0.1) is 0 Å². The number of nitrogens with two attached hydrogens (primary N) is 1. The van der Waals surface area contributed by atoms with Gasteiger partial charge in [-0.05, 0) is 11.6 Å². The molecular weight excluding hydrogens is 246 g/mol. The molecule has 0 heterocycles. The lowest BCUT2D eigenvalue weighted by Gasteiger charge is -2.08. The highest BCUT2D eigenvalue weighted by molar-refractivity contribution is 7.90. The van der Waals surface area contributed by atoms with Crippen LogP contribution in [-0.4, -0.2) is 30.1 Å². The maximum Gasteiger partial charge on any atom is 0.293 e. The molecule has 0 saturated carbocycles. The highest BCUT2D eigenvalue weighted by atomic mass is 32.2. The summed E-state index contributed by atoms with van der Waals surface area (Å²) in [6, 6.07) is 8.04. The summed E-state index contributed by atoms with van der Waals surface area (Å²) in [4.78, 5) is 9.88. The van der Waals surface area contributed by atoms with E-state index in [0.29, 0.717) is 5.56 Å². The van der Waals surface area contributed by atoms with Crippen LogP contribution in [0.3, 0.4) is 0 Å². The molecule has 0 aromatic heterocycles. The normalized spacial score (nSPS) is 14.4. The molecule has 0 bridgehead atoms. The summed E-state index contributed by atoms with van der Waals surface area (Å²) in [5.41, 5.74) is 5.19. The van der Waals surface area contributed by atoms with Crippen molar-refractivity contribution in [3.8, 4) is 0 Å². The van der Waals surface area contributed by atoms with Gasteiger partial charge in [0.25, 0.3) is 16.0 Å². The molecule has 6 nitrogen and oxygen atoms in total. The van der Waals surface area contributed by atoms with E-state index in [1.807, 2.05) is 0 Å². The summed E-state index contributed by atoms with van der Waals surface area (Å²) in [5.74, 6) is -1.26. The molecule has 0 aliphatic heterocycles. The third kappa shape index (κ3) is 3.66. The molecular formula is C10H11NO5S. The SMILES string of the molecule is NC(=O)C(O)C(=Cc1ccccc1)S(=O)(=O)O. The summed E-state index contributed by atoms with van der Waals surface area (Å²) < 4.78 is 30.9. The van der Waals surface area contributed by atoms with Gasteiger partial charge in [0, 0.05) is 0 Å². The first-order valence-corrected chi connectivity index (χ1v) is 5.98. The van der Waals surface area contributed by atoms with Crippen molar-refractivity contribution in [3.05, 3.63) is 40.8 Å². The van der Waals surface area contributed by atoms with Crippen LogP contribution < -0.4 is 5.73 Å². The van der Waals surface area contributed by atoms with E-state index >= 15 is 0 Å². The van der Waals surface area contributed by atoms with Crippen molar-refractivity contribution in [1.82, 2.24) is 0 Å². The summed E-state index contributed by atoms with van der Waals surface area (Å²) in [5, 5.41) is 9.30. The maximum absolute atomic E-state index is 11.0. The van der Waals surface area contributed by atoms with Gasteiger partial charge in [-0.25, -0.2) is 0 Å². The number of aliphatic hydroxyl groups excluding tert-OH is 1. The summed E-state index contributed by atoms with van der Waals surface area (Å²) in [6.07, 6.45) is -1.10. The Balaban J connectivity index is 3.26. The van der Waals surface area contributed by atoms with Crippen molar-refractivity contribution < 1.29 is 22.9 Å². The standard InChI is InChI=1S/C10H11NO5S/c11-10(13)9(12)8(17(14,15)16)6-7-4-2-1-3-5-7/h1-6,9,12H,(H2,11,13)(H,14,15,16). The predicted molar refractivity (Wildman–Crippen MR) is 61.2 cm³/mol. The van der Waals surface area contributed by atoms with Gasteiger partial charge in [-0.1, -0.05) is 30.3 Å². The lowest BCUT2D eigenvalue weighted by molar-refractivity contribution is -0.124. The lowest BCUT2D eigenvalue weighted by Crippen LogP contribution is -2.32. The van der Waals surface area contributed by atoms with Crippen LogP contribution in [0.15, 0.2) is 35.2 Å². The zero-order valence-electron chi connectivity index (χ0n) is 8.65. The van der Waals surface area contributed by atoms with Crippen molar-refractivity contribution in [1.29, 1.82) is 0 Å². The van der Waals surface area contributed by atoms with Crippen LogP contribution in [0.5, 0.6) is 0 Å². The molecule has 1 amide bonds. The van der Waals surface area contributed by atoms with Crippen molar-refractivity contribution in [2.75, 3.05) is 0 Å². The number of carbonyl (C=O) groups is 1. The van der Waals surface area contributed by atoms with Crippen LogP contribution in [-0.2, 0) is 14.9 Å². The summed E-state index contributed by atoms with van der Waals surface area (Å²) in [6.45, 7) is 0. The molecule has 1 unspecified atom stereocenters. The number of benzene rings is 1. The van der Waals surface area contributed by atoms with E-state index in [4.69, 9.17) is 10.3 Å². The Bertz CT molecular complexity index is 535. The number of amides is 1. The second kappa shape index (κ2) is 5.09. The molecule has 4 N–H and O–H groups in total. The lowest BCUT2D eigenvalue weighted by atomic mass is 10.2. The van der Waals surface area contributed by atoms with E-state index in [-0.39, 0.29) is 0 Å². The van der Waals surface area contributed by atoms with E-state index in [0.717, 1.165) is 6.08 Å². The van der Waals surface area contributed by atoms with Gasteiger partial charge in [-0.3, -0.25) is 9.35 Å². The monoisotopic (exact) mass is 257 g/mol. The minimum Gasteiger partial charge on any atom is -0.378 e. The summed E-state index contributed by atoms with van der Waals surface area (Å²) in [7, 11) is -4.70. The Morgan fingerprint density at radius 2 is 1.82 bits per heavy atom. The summed E-state index contributed by atoms with van der Waals surface area (Å²) >= 11 is 0. The van der Waals surface area contributed by atoms with E-state index in [9.17, 15) is 18.3 Å². The Labute approximate surface area is 98.1 Å². The van der Waals surface area contributed by atoms with Crippen molar-refractivity contribution in [3.63, 3.8) is 0 Å². The van der Waals surface area contributed by atoms with Crippen LogP contribution in [0, 0.1) is 0 Å². The molecule has 0 aliphatic carbocycles. The molecule has 0 saturated heterocycles. The molecule has 0 radical (unpaired) electrons. The van der Waals surface area contributed by atoms with E-state index in [1.54, 1.807) is 30.3 Å². The fourth-order valence-electron chi connectivity index (χ4n) is 1.15. The minimum absolute atomic E-state index is 0.403.